The van der Waals surface area contributed by atoms with Gasteiger partial charge in [-0.05, 0) is 42.7 Å². The topological polar surface area (TPSA) is 9.23 Å². The lowest BCUT2D eigenvalue weighted by atomic mass is 10.1. The van der Waals surface area contributed by atoms with Crippen molar-refractivity contribution in [2.45, 2.75) is 26.9 Å². The molecule has 0 bridgehead atoms. The van der Waals surface area contributed by atoms with E-state index in [2.05, 4.69) is 19.1 Å². The summed E-state index contributed by atoms with van der Waals surface area (Å²) >= 11 is 6.17. The molecule has 0 saturated carbocycles. The Balaban J connectivity index is 2.06. The normalized spacial score (nSPS) is 10.4. The molecular formula is C16H17ClO. The third-order valence-corrected chi connectivity index (χ3v) is 3.26. The Labute approximate surface area is 113 Å². The second kappa shape index (κ2) is 5.92. The van der Waals surface area contributed by atoms with E-state index in [1.165, 1.54) is 5.56 Å². The molecule has 0 heterocycles. The molecule has 2 rings (SSSR count). The van der Waals surface area contributed by atoms with E-state index in [1.807, 2.05) is 37.3 Å². The van der Waals surface area contributed by atoms with Crippen LogP contribution in [0, 0.1) is 6.92 Å². The van der Waals surface area contributed by atoms with E-state index in [-0.39, 0.29) is 0 Å². The van der Waals surface area contributed by atoms with Crippen molar-refractivity contribution < 1.29 is 4.74 Å². The molecule has 0 amide bonds. The number of halogens is 1. The summed E-state index contributed by atoms with van der Waals surface area (Å²) in [5.41, 5.74) is 3.46. The van der Waals surface area contributed by atoms with Crippen molar-refractivity contribution in [3.05, 3.63) is 64.2 Å². The molecule has 0 aliphatic rings. The molecule has 0 unspecified atom stereocenters. The predicted octanol–water partition coefficient (Wildman–Crippen LogP) is 4.79. The lowest BCUT2D eigenvalue weighted by Crippen LogP contribution is -1.97. The summed E-state index contributed by atoms with van der Waals surface area (Å²) in [6.45, 7) is 4.67. The molecule has 0 aliphatic carbocycles. The van der Waals surface area contributed by atoms with Gasteiger partial charge in [-0.3, -0.25) is 0 Å². The smallest absolute Gasteiger partial charge is 0.120 e. The van der Waals surface area contributed by atoms with Crippen molar-refractivity contribution >= 4 is 11.6 Å². The fourth-order valence-electron chi connectivity index (χ4n) is 1.79. The summed E-state index contributed by atoms with van der Waals surface area (Å²) in [7, 11) is 0. The molecule has 94 valence electrons. The first-order valence-electron chi connectivity index (χ1n) is 6.16. The molecule has 0 N–H and O–H groups in total. The quantitative estimate of drug-likeness (QED) is 0.768. The van der Waals surface area contributed by atoms with Crippen molar-refractivity contribution in [3.8, 4) is 5.75 Å². The molecule has 0 spiro atoms. The van der Waals surface area contributed by atoms with Crippen LogP contribution in [0.15, 0.2) is 42.5 Å². The molecule has 0 radical (unpaired) electrons. The minimum Gasteiger partial charge on any atom is -0.489 e. The molecule has 2 heteroatoms. The second-order valence-electron chi connectivity index (χ2n) is 4.38. The Morgan fingerprint density at radius 1 is 1.11 bits per heavy atom. The molecule has 0 fully saturated rings. The van der Waals surface area contributed by atoms with Gasteiger partial charge in [-0.25, -0.2) is 0 Å². The number of ether oxygens (including phenoxy) is 1. The van der Waals surface area contributed by atoms with Gasteiger partial charge in [-0.1, -0.05) is 42.8 Å². The van der Waals surface area contributed by atoms with Gasteiger partial charge >= 0.3 is 0 Å². The van der Waals surface area contributed by atoms with Crippen LogP contribution in [0.3, 0.4) is 0 Å². The van der Waals surface area contributed by atoms with Gasteiger partial charge in [0.1, 0.15) is 12.4 Å². The van der Waals surface area contributed by atoms with Crippen molar-refractivity contribution in [2.24, 2.45) is 0 Å². The largest absolute Gasteiger partial charge is 0.489 e. The van der Waals surface area contributed by atoms with E-state index in [4.69, 9.17) is 16.3 Å². The number of hydrogen-bond acceptors (Lipinski definition) is 1. The third-order valence-electron chi connectivity index (χ3n) is 2.91. The molecule has 0 aromatic heterocycles. The Morgan fingerprint density at radius 2 is 1.94 bits per heavy atom. The first-order chi connectivity index (χ1) is 8.69. The summed E-state index contributed by atoms with van der Waals surface area (Å²) in [6, 6.07) is 14.2. The van der Waals surface area contributed by atoms with Crippen molar-refractivity contribution in [1.82, 2.24) is 0 Å². The van der Waals surface area contributed by atoms with Crippen LogP contribution in [-0.2, 0) is 13.0 Å². The minimum absolute atomic E-state index is 0.506. The maximum Gasteiger partial charge on any atom is 0.120 e. The highest BCUT2D eigenvalue weighted by atomic mass is 35.5. The van der Waals surface area contributed by atoms with E-state index in [1.54, 1.807) is 0 Å². The third kappa shape index (κ3) is 3.27. The first-order valence-corrected chi connectivity index (χ1v) is 6.53. The van der Waals surface area contributed by atoms with Gasteiger partial charge in [0, 0.05) is 10.6 Å². The summed E-state index contributed by atoms with van der Waals surface area (Å²) in [5.74, 6) is 0.894. The Morgan fingerprint density at radius 3 is 2.67 bits per heavy atom. The van der Waals surface area contributed by atoms with Crippen LogP contribution in [0.5, 0.6) is 5.75 Å². The van der Waals surface area contributed by atoms with Gasteiger partial charge in [0.05, 0.1) is 0 Å². The fraction of sp³-hybridized carbons (Fsp3) is 0.250. The van der Waals surface area contributed by atoms with E-state index in [9.17, 15) is 0 Å². The Kier molecular flexibility index (Phi) is 4.27. The maximum atomic E-state index is 6.17. The monoisotopic (exact) mass is 260 g/mol. The van der Waals surface area contributed by atoms with E-state index in [0.29, 0.717) is 6.61 Å². The summed E-state index contributed by atoms with van der Waals surface area (Å²) in [5, 5.41) is 0.765. The molecule has 0 atom stereocenters. The standard InChI is InChI=1S/C16H17ClO/c1-3-13-5-4-6-15(10-13)18-11-14-8-7-12(2)9-16(14)17/h4-10H,3,11H2,1-2H3. The van der Waals surface area contributed by atoms with Crippen LogP contribution in [0.1, 0.15) is 23.6 Å². The lowest BCUT2D eigenvalue weighted by molar-refractivity contribution is 0.306. The average Bonchev–Trinajstić information content (AvgIpc) is 2.38. The molecule has 1 nitrogen and oxygen atoms in total. The van der Waals surface area contributed by atoms with Crippen LogP contribution in [-0.4, -0.2) is 0 Å². The summed E-state index contributed by atoms with van der Waals surface area (Å²) in [6.07, 6.45) is 1.02. The minimum atomic E-state index is 0.506. The second-order valence-corrected chi connectivity index (χ2v) is 4.79. The fourth-order valence-corrected chi connectivity index (χ4v) is 2.08. The van der Waals surface area contributed by atoms with Gasteiger partial charge in [0.25, 0.3) is 0 Å². The van der Waals surface area contributed by atoms with Crippen LogP contribution < -0.4 is 4.74 Å². The molecule has 2 aromatic carbocycles. The molecule has 0 aliphatic heterocycles. The maximum absolute atomic E-state index is 6.17. The van der Waals surface area contributed by atoms with Gasteiger partial charge in [0.15, 0.2) is 0 Å². The van der Waals surface area contributed by atoms with E-state index in [0.717, 1.165) is 28.3 Å². The Hall–Kier alpha value is -1.47. The lowest BCUT2D eigenvalue weighted by Gasteiger charge is -2.09. The SMILES string of the molecule is CCc1cccc(OCc2ccc(C)cc2Cl)c1. The molecular weight excluding hydrogens is 244 g/mol. The van der Waals surface area contributed by atoms with Crippen molar-refractivity contribution in [1.29, 1.82) is 0 Å². The number of aryl methyl sites for hydroxylation is 2. The number of rotatable bonds is 4. The molecule has 0 saturated heterocycles. The summed E-state index contributed by atoms with van der Waals surface area (Å²) < 4.78 is 5.77. The van der Waals surface area contributed by atoms with E-state index >= 15 is 0 Å². The highest BCUT2D eigenvalue weighted by molar-refractivity contribution is 6.31. The zero-order valence-corrected chi connectivity index (χ0v) is 11.5. The van der Waals surface area contributed by atoms with E-state index < -0.39 is 0 Å². The first kappa shape index (κ1) is 13.0. The zero-order chi connectivity index (χ0) is 13.0. The van der Waals surface area contributed by atoms with Gasteiger partial charge < -0.3 is 4.74 Å². The van der Waals surface area contributed by atoms with Crippen molar-refractivity contribution in [3.63, 3.8) is 0 Å². The van der Waals surface area contributed by atoms with Crippen LogP contribution in [0.2, 0.25) is 5.02 Å². The average molecular weight is 261 g/mol. The molecule has 2 aromatic rings. The van der Waals surface area contributed by atoms with Gasteiger partial charge in [-0.15, -0.1) is 0 Å². The number of hydrogen-bond donors (Lipinski definition) is 0. The van der Waals surface area contributed by atoms with Crippen molar-refractivity contribution in [2.75, 3.05) is 0 Å². The van der Waals surface area contributed by atoms with Crippen LogP contribution in [0.25, 0.3) is 0 Å². The predicted molar refractivity (Wildman–Crippen MR) is 76.3 cm³/mol. The zero-order valence-electron chi connectivity index (χ0n) is 10.7. The molecule has 18 heavy (non-hydrogen) atoms. The highest BCUT2D eigenvalue weighted by Crippen LogP contribution is 2.20. The number of benzene rings is 2. The highest BCUT2D eigenvalue weighted by Gasteiger charge is 2.02. The van der Waals surface area contributed by atoms with Gasteiger partial charge in [0.2, 0.25) is 0 Å². The van der Waals surface area contributed by atoms with Crippen LogP contribution in [0.4, 0.5) is 0 Å². The summed E-state index contributed by atoms with van der Waals surface area (Å²) in [4.78, 5) is 0. The Bertz CT molecular complexity index is 534. The van der Waals surface area contributed by atoms with Crippen LogP contribution >= 0.6 is 11.6 Å². The van der Waals surface area contributed by atoms with Gasteiger partial charge in [-0.2, -0.15) is 0 Å².